The minimum Gasteiger partial charge on any atom is -0.396 e. The minimum absolute atomic E-state index is 0.0182. The van der Waals surface area contributed by atoms with Crippen molar-refractivity contribution in [2.24, 2.45) is 0 Å². The second-order valence-corrected chi connectivity index (χ2v) is 3.82. The average molecular weight is 237 g/mol. The Balaban J connectivity index is 2.60. The summed E-state index contributed by atoms with van der Waals surface area (Å²) in [4.78, 5) is 0. The van der Waals surface area contributed by atoms with Gasteiger partial charge in [-0.15, -0.1) is 0 Å². The summed E-state index contributed by atoms with van der Waals surface area (Å²) < 4.78 is 39.1. The molecule has 0 unspecified atom stereocenters. The van der Waals surface area contributed by atoms with Crippen LogP contribution in [0.3, 0.4) is 0 Å². The third-order valence-corrected chi connectivity index (χ3v) is 2.57. The molecular formula is C13H10F3N. The van der Waals surface area contributed by atoms with Crippen LogP contribution >= 0.6 is 0 Å². The van der Waals surface area contributed by atoms with E-state index in [0.29, 0.717) is 16.7 Å². The van der Waals surface area contributed by atoms with Crippen LogP contribution < -0.4 is 5.73 Å². The number of benzene rings is 2. The topological polar surface area (TPSA) is 26.0 Å². The smallest absolute Gasteiger partial charge is 0.159 e. The number of hydrogen-bond donors (Lipinski definition) is 1. The van der Waals surface area contributed by atoms with Crippen LogP contribution in [0.5, 0.6) is 0 Å². The summed E-state index contributed by atoms with van der Waals surface area (Å²) in [5.41, 5.74) is 7.10. The molecule has 2 N–H and O–H groups in total. The molecule has 0 aliphatic carbocycles. The maximum atomic E-state index is 13.2. The van der Waals surface area contributed by atoms with Crippen molar-refractivity contribution in [3.05, 3.63) is 53.3 Å². The molecule has 4 heteroatoms. The van der Waals surface area contributed by atoms with Crippen molar-refractivity contribution in [1.29, 1.82) is 0 Å². The Bertz CT molecular complexity index is 579. The Morgan fingerprint density at radius 2 is 1.59 bits per heavy atom. The van der Waals surface area contributed by atoms with E-state index in [4.69, 9.17) is 5.73 Å². The van der Waals surface area contributed by atoms with Crippen molar-refractivity contribution in [2.45, 2.75) is 6.92 Å². The third-order valence-electron chi connectivity index (χ3n) is 2.57. The Morgan fingerprint density at radius 3 is 2.24 bits per heavy atom. The van der Waals surface area contributed by atoms with Crippen molar-refractivity contribution in [1.82, 2.24) is 0 Å². The van der Waals surface area contributed by atoms with Crippen molar-refractivity contribution in [2.75, 3.05) is 5.73 Å². The predicted octanol–water partition coefficient (Wildman–Crippen LogP) is 3.66. The molecule has 0 saturated carbocycles. The minimum atomic E-state index is -0.940. The molecule has 0 bridgehead atoms. The number of aryl methyl sites for hydroxylation is 1. The molecule has 2 aromatic carbocycles. The zero-order chi connectivity index (χ0) is 12.6. The van der Waals surface area contributed by atoms with Crippen LogP contribution in [-0.2, 0) is 0 Å². The van der Waals surface area contributed by atoms with E-state index in [2.05, 4.69) is 0 Å². The highest BCUT2D eigenvalue weighted by Crippen LogP contribution is 2.28. The molecule has 88 valence electrons. The molecule has 0 amide bonds. The lowest BCUT2D eigenvalue weighted by molar-refractivity contribution is 0.509. The molecule has 0 aliphatic heterocycles. The molecule has 0 atom stereocenters. The van der Waals surface area contributed by atoms with Gasteiger partial charge in [0.15, 0.2) is 11.6 Å². The number of anilines is 1. The number of nitrogens with two attached hydrogens (primary N) is 1. The zero-order valence-corrected chi connectivity index (χ0v) is 9.10. The standard InChI is InChI=1S/C13H10F3N/c1-7-4-12(16)13(17)6-9(7)8-2-3-10(14)11(15)5-8/h2-6H,17H2,1H3. The summed E-state index contributed by atoms with van der Waals surface area (Å²) in [6.07, 6.45) is 0. The first-order valence-corrected chi connectivity index (χ1v) is 5.00. The molecule has 0 aromatic heterocycles. The Hall–Kier alpha value is -1.97. The van der Waals surface area contributed by atoms with Crippen LogP contribution in [0, 0.1) is 24.4 Å². The van der Waals surface area contributed by atoms with Crippen LogP contribution in [-0.4, -0.2) is 0 Å². The Labute approximate surface area is 96.7 Å². The van der Waals surface area contributed by atoms with Crippen LogP contribution in [0.25, 0.3) is 11.1 Å². The lowest BCUT2D eigenvalue weighted by atomic mass is 9.99. The van der Waals surface area contributed by atoms with Crippen LogP contribution in [0.2, 0.25) is 0 Å². The van der Waals surface area contributed by atoms with Crippen molar-refractivity contribution in [3.8, 4) is 11.1 Å². The molecule has 0 radical (unpaired) electrons. The van der Waals surface area contributed by atoms with E-state index in [0.717, 1.165) is 12.1 Å². The first-order valence-electron chi connectivity index (χ1n) is 5.00. The SMILES string of the molecule is Cc1cc(F)c(N)cc1-c1ccc(F)c(F)c1. The fourth-order valence-corrected chi connectivity index (χ4v) is 1.66. The summed E-state index contributed by atoms with van der Waals surface area (Å²) in [5.74, 6) is -2.37. The summed E-state index contributed by atoms with van der Waals surface area (Å²) in [6, 6.07) is 6.21. The fraction of sp³-hybridized carbons (Fsp3) is 0.0769. The molecule has 2 aromatic rings. The predicted molar refractivity (Wildman–Crippen MR) is 60.9 cm³/mol. The van der Waals surface area contributed by atoms with Crippen LogP contribution in [0.1, 0.15) is 5.56 Å². The highest BCUT2D eigenvalue weighted by atomic mass is 19.2. The summed E-state index contributed by atoms with van der Waals surface area (Å²) in [6.45, 7) is 1.68. The maximum Gasteiger partial charge on any atom is 0.159 e. The van der Waals surface area contributed by atoms with Gasteiger partial charge in [-0.1, -0.05) is 6.07 Å². The molecule has 1 nitrogen and oxygen atoms in total. The summed E-state index contributed by atoms with van der Waals surface area (Å²) in [7, 11) is 0. The number of rotatable bonds is 1. The first kappa shape index (κ1) is 11.5. The zero-order valence-electron chi connectivity index (χ0n) is 9.10. The van der Waals surface area contributed by atoms with Gasteiger partial charge >= 0.3 is 0 Å². The van der Waals surface area contributed by atoms with Gasteiger partial charge in [0.1, 0.15) is 5.82 Å². The van der Waals surface area contributed by atoms with Gasteiger partial charge in [-0.25, -0.2) is 13.2 Å². The third kappa shape index (κ3) is 2.11. The van der Waals surface area contributed by atoms with E-state index in [1.54, 1.807) is 6.92 Å². The monoisotopic (exact) mass is 237 g/mol. The second-order valence-electron chi connectivity index (χ2n) is 3.82. The van der Waals surface area contributed by atoms with Crippen molar-refractivity contribution >= 4 is 5.69 Å². The van der Waals surface area contributed by atoms with E-state index >= 15 is 0 Å². The lowest BCUT2D eigenvalue weighted by Crippen LogP contribution is -1.94. The molecule has 0 fully saturated rings. The van der Waals surface area contributed by atoms with E-state index in [1.807, 2.05) is 0 Å². The summed E-state index contributed by atoms with van der Waals surface area (Å²) >= 11 is 0. The normalized spacial score (nSPS) is 10.6. The molecule has 2 rings (SSSR count). The highest BCUT2D eigenvalue weighted by Gasteiger charge is 2.09. The Morgan fingerprint density at radius 1 is 0.882 bits per heavy atom. The number of nitrogen functional groups attached to an aromatic ring is 1. The molecule has 0 aliphatic rings. The molecule has 0 spiro atoms. The van der Waals surface area contributed by atoms with Gasteiger partial charge < -0.3 is 5.73 Å². The lowest BCUT2D eigenvalue weighted by Gasteiger charge is -2.08. The fourth-order valence-electron chi connectivity index (χ4n) is 1.66. The van der Waals surface area contributed by atoms with E-state index in [-0.39, 0.29) is 5.69 Å². The summed E-state index contributed by atoms with van der Waals surface area (Å²) in [5, 5.41) is 0. The largest absolute Gasteiger partial charge is 0.396 e. The van der Waals surface area contributed by atoms with Gasteiger partial charge in [0.05, 0.1) is 5.69 Å². The molecule has 17 heavy (non-hydrogen) atoms. The van der Waals surface area contributed by atoms with Gasteiger partial charge in [-0.3, -0.25) is 0 Å². The second kappa shape index (κ2) is 4.13. The number of halogens is 3. The van der Waals surface area contributed by atoms with Gasteiger partial charge in [0, 0.05) is 0 Å². The van der Waals surface area contributed by atoms with Crippen molar-refractivity contribution in [3.63, 3.8) is 0 Å². The highest BCUT2D eigenvalue weighted by molar-refractivity contribution is 5.71. The van der Waals surface area contributed by atoms with Gasteiger partial charge in [-0.2, -0.15) is 0 Å². The quantitative estimate of drug-likeness (QED) is 0.752. The van der Waals surface area contributed by atoms with E-state index in [1.165, 1.54) is 18.2 Å². The van der Waals surface area contributed by atoms with E-state index in [9.17, 15) is 13.2 Å². The molecular weight excluding hydrogens is 227 g/mol. The molecule has 0 heterocycles. The maximum absolute atomic E-state index is 13.2. The Kier molecular flexibility index (Phi) is 2.79. The van der Waals surface area contributed by atoms with Crippen molar-refractivity contribution < 1.29 is 13.2 Å². The first-order chi connectivity index (χ1) is 7.99. The number of hydrogen-bond acceptors (Lipinski definition) is 1. The van der Waals surface area contributed by atoms with Gasteiger partial charge in [0.25, 0.3) is 0 Å². The molecule has 0 saturated heterocycles. The van der Waals surface area contributed by atoms with Gasteiger partial charge in [-0.05, 0) is 47.9 Å². The van der Waals surface area contributed by atoms with Crippen LogP contribution in [0.15, 0.2) is 30.3 Å². The van der Waals surface area contributed by atoms with E-state index < -0.39 is 17.5 Å². The van der Waals surface area contributed by atoms with Crippen LogP contribution in [0.4, 0.5) is 18.9 Å². The average Bonchev–Trinajstić information content (AvgIpc) is 2.27. The van der Waals surface area contributed by atoms with Gasteiger partial charge in [0.2, 0.25) is 0 Å².